The fourth-order valence-corrected chi connectivity index (χ4v) is 2.05. The predicted octanol–water partition coefficient (Wildman–Crippen LogP) is 5.00. The molecule has 27 heavy (non-hydrogen) atoms. The number of carbonyl (C=O) groups excluding carboxylic acids is 2. The van der Waals surface area contributed by atoms with Gasteiger partial charge in [0.1, 0.15) is 11.6 Å². The summed E-state index contributed by atoms with van der Waals surface area (Å²) in [5.74, 6) is -6.60. The molecule has 11 heteroatoms. The first-order chi connectivity index (χ1) is 12.3. The van der Waals surface area contributed by atoms with Gasteiger partial charge in [-0.1, -0.05) is 0 Å². The number of rotatable bonds is 2. The van der Waals surface area contributed by atoms with Gasteiger partial charge in [0.25, 0.3) is 0 Å². The average molecular weight is 398 g/mol. The smallest absolute Gasteiger partial charge is 0.386 e. The summed E-state index contributed by atoms with van der Waals surface area (Å²) in [5, 5.41) is 0. The number of hydrogen-bond donors (Lipinski definition) is 0. The van der Waals surface area contributed by atoms with E-state index >= 15 is 0 Å². The van der Waals surface area contributed by atoms with Crippen LogP contribution in [0.15, 0.2) is 36.4 Å². The summed E-state index contributed by atoms with van der Waals surface area (Å²) in [4.78, 5) is 23.6. The molecule has 2 aromatic carbocycles. The van der Waals surface area contributed by atoms with Crippen LogP contribution in [0.4, 0.5) is 35.1 Å². The molecule has 0 aliphatic heterocycles. The van der Waals surface area contributed by atoms with Crippen molar-refractivity contribution in [2.45, 2.75) is 12.4 Å². The van der Waals surface area contributed by atoms with Crippen molar-refractivity contribution in [3.05, 3.63) is 70.3 Å². The van der Waals surface area contributed by atoms with Gasteiger partial charge in [-0.15, -0.1) is 0 Å². The van der Waals surface area contributed by atoms with E-state index in [1.165, 1.54) is 0 Å². The fraction of sp³-hybridized carbons (Fsp3) is 0.125. The van der Waals surface area contributed by atoms with Crippen molar-refractivity contribution in [2.24, 2.45) is 0 Å². The van der Waals surface area contributed by atoms with Crippen molar-refractivity contribution >= 4 is 11.9 Å². The molecule has 0 heterocycles. The second kappa shape index (κ2) is 6.97. The van der Waals surface area contributed by atoms with Gasteiger partial charge in [-0.25, -0.2) is 18.4 Å². The zero-order valence-electron chi connectivity index (χ0n) is 12.7. The Morgan fingerprint density at radius 3 is 1.30 bits per heavy atom. The molecule has 0 spiro atoms. The fourth-order valence-electron chi connectivity index (χ4n) is 2.05. The van der Waals surface area contributed by atoms with Gasteiger partial charge in [0.2, 0.25) is 0 Å². The van der Waals surface area contributed by atoms with E-state index in [0.29, 0.717) is 24.3 Å². The maximum atomic E-state index is 13.0. The third-order valence-corrected chi connectivity index (χ3v) is 3.20. The molecule has 0 aromatic heterocycles. The van der Waals surface area contributed by atoms with E-state index in [2.05, 4.69) is 4.74 Å². The van der Waals surface area contributed by atoms with Crippen LogP contribution < -0.4 is 0 Å². The quantitative estimate of drug-likeness (QED) is 0.406. The Morgan fingerprint density at radius 2 is 1.00 bits per heavy atom. The first-order valence-electron chi connectivity index (χ1n) is 6.80. The highest BCUT2D eigenvalue weighted by molar-refractivity contribution is 6.04. The topological polar surface area (TPSA) is 43.4 Å². The molecule has 2 aromatic rings. The Hall–Kier alpha value is -2.98. The van der Waals surface area contributed by atoms with E-state index in [-0.39, 0.29) is 12.1 Å². The standard InChI is InChI=1S/C16H6F8O3/c17-7-1-3-9(11(5-7)15(19,20)21)13(25)27-14(26)10-4-2-8(18)6-12(10)16(22,23)24/h1-6H. The minimum atomic E-state index is -5.20. The highest BCUT2D eigenvalue weighted by atomic mass is 19.4. The maximum absolute atomic E-state index is 13.0. The summed E-state index contributed by atoms with van der Waals surface area (Å²) in [6, 6.07) is 1.58. The van der Waals surface area contributed by atoms with Crippen LogP contribution in [0.1, 0.15) is 31.8 Å². The molecule has 0 radical (unpaired) electrons. The summed E-state index contributed by atoms with van der Waals surface area (Å²) >= 11 is 0. The molecule has 0 amide bonds. The van der Waals surface area contributed by atoms with Gasteiger partial charge in [-0.05, 0) is 36.4 Å². The molecule has 0 saturated heterocycles. The monoisotopic (exact) mass is 398 g/mol. The van der Waals surface area contributed by atoms with Crippen molar-refractivity contribution in [1.82, 2.24) is 0 Å². The second-order valence-corrected chi connectivity index (χ2v) is 5.05. The zero-order chi connectivity index (χ0) is 20.6. The molecule has 0 unspecified atom stereocenters. The number of halogens is 8. The van der Waals surface area contributed by atoms with Crippen LogP contribution in [0.2, 0.25) is 0 Å². The maximum Gasteiger partial charge on any atom is 0.417 e. The minimum absolute atomic E-state index is 0.0416. The van der Waals surface area contributed by atoms with Gasteiger partial charge in [0.05, 0.1) is 22.3 Å². The molecule has 0 atom stereocenters. The molecule has 0 bridgehead atoms. The van der Waals surface area contributed by atoms with E-state index < -0.39 is 58.2 Å². The SMILES string of the molecule is O=C(OC(=O)c1ccc(F)cc1C(F)(F)F)c1ccc(F)cc1C(F)(F)F. The summed E-state index contributed by atoms with van der Waals surface area (Å²) in [7, 11) is 0. The Labute approximate surface area is 145 Å². The number of esters is 2. The van der Waals surface area contributed by atoms with Gasteiger partial charge in [0, 0.05) is 0 Å². The molecule has 0 N–H and O–H groups in total. The first kappa shape index (κ1) is 20.3. The molecule has 2 rings (SSSR count). The van der Waals surface area contributed by atoms with Crippen LogP contribution in [0.3, 0.4) is 0 Å². The van der Waals surface area contributed by atoms with Crippen LogP contribution in [0, 0.1) is 11.6 Å². The highest BCUT2D eigenvalue weighted by Gasteiger charge is 2.39. The Balaban J connectivity index is 2.40. The molecule has 144 valence electrons. The summed E-state index contributed by atoms with van der Waals surface area (Å²) in [6.45, 7) is 0. The van der Waals surface area contributed by atoms with E-state index in [4.69, 9.17) is 0 Å². The summed E-state index contributed by atoms with van der Waals surface area (Å²) < 4.78 is 107. The van der Waals surface area contributed by atoms with Crippen LogP contribution in [0.5, 0.6) is 0 Å². The number of carbonyl (C=O) groups is 2. The second-order valence-electron chi connectivity index (χ2n) is 5.05. The first-order valence-corrected chi connectivity index (χ1v) is 6.80. The van der Waals surface area contributed by atoms with E-state index in [1.54, 1.807) is 0 Å². The van der Waals surface area contributed by atoms with Crippen molar-refractivity contribution in [2.75, 3.05) is 0 Å². The van der Waals surface area contributed by atoms with Crippen molar-refractivity contribution < 1.29 is 49.4 Å². The van der Waals surface area contributed by atoms with Gasteiger partial charge < -0.3 is 4.74 Å². The van der Waals surface area contributed by atoms with Gasteiger partial charge in [-0.2, -0.15) is 26.3 Å². The lowest BCUT2D eigenvalue weighted by Crippen LogP contribution is -2.21. The largest absolute Gasteiger partial charge is 0.417 e. The number of benzene rings is 2. The van der Waals surface area contributed by atoms with Crippen molar-refractivity contribution in [3.63, 3.8) is 0 Å². The van der Waals surface area contributed by atoms with Crippen molar-refractivity contribution in [3.8, 4) is 0 Å². The number of hydrogen-bond acceptors (Lipinski definition) is 3. The van der Waals surface area contributed by atoms with Gasteiger partial charge >= 0.3 is 24.3 Å². The number of alkyl halides is 6. The molecular formula is C16H6F8O3. The van der Waals surface area contributed by atoms with Gasteiger partial charge in [-0.3, -0.25) is 0 Å². The van der Waals surface area contributed by atoms with Crippen molar-refractivity contribution in [1.29, 1.82) is 0 Å². The molecule has 0 aliphatic carbocycles. The molecular weight excluding hydrogens is 392 g/mol. The Bertz CT molecular complexity index is 826. The average Bonchev–Trinajstić information content (AvgIpc) is 2.52. The van der Waals surface area contributed by atoms with Crippen LogP contribution in [0.25, 0.3) is 0 Å². The molecule has 0 saturated carbocycles. The number of ether oxygens (including phenoxy) is 1. The lowest BCUT2D eigenvalue weighted by atomic mass is 10.1. The summed E-state index contributed by atoms with van der Waals surface area (Å²) in [6.07, 6.45) is -10.4. The van der Waals surface area contributed by atoms with Crippen LogP contribution in [-0.4, -0.2) is 11.9 Å². The lowest BCUT2D eigenvalue weighted by Gasteiger charge is -2.14. The normalized spacial score (nSPS) is 12.0. The van der Waals surface area contributed by atoms with E-state index in [0.717, 1.165) is 0 Å². The van der Waals surface area contributed by atoms with E-state index in [9.17, 15) is 44.7 Å². The predicted molar refractivity (Wildman–Crippen MR) is 72.6 cm³/mol. The van der Waals surface area contributed by atoms with E-state index in [1.807, 2.05) is 0 Å². The zero-order valence-corrected chi connectivity index (χ0v) is 12.7. The Kier molecular flexibility index (Phi) is 5.25. The highest BCUT2D eigenvalue weighted by Crippen LogP contribution is 2.34. The van der Waals surface area contributed by atoms with Crippen LogP contribution in [-0.2, 0) is 17.1 Å². The Morgan fingerprint density at radius 1 is 0.667 bits per heavy atom. The van der Waals surface area contributed by atoms with Crippen LogP contribution >= 0.6 is 0 Å². The third kappa shape index (κ3) is 4.60. The lowest BCUT2D eigenvalue weighted by molar-refractivity contribution is -0.138. The van der Waals surface area contributed by atoms with Gasteiger partial charge in [0.15, 0.2) is 0 Å². The summed E-state index contributed by atoms with van der Waals surface area (Å²) in [5.41, 5.74) is -6.13. The molecule has 0 fully saturated rings. The minimum Gasteiger partial charge on any atom is -0.386 e. The molecule has 3 nitrogen and oxygen atoms in total. The molecule has 0 aliphatic rings. The third-order valence-electron chi connectivity index (χ3n) is 3.20.